The van der Waals surface area contributed by atoms with Gasteiger partial charge in [-0.1, -0.05) is 24.3 Å². The first kappa shape index (κ1) is 12.8. The Labute approximate surface area is 106 Å². The number of aliphatic carboxylic acids is 1. The van der Waals surface area contributed by atoms with Crippen molar-refractivity contribution in [3.63, 3.8) is 0 Å². The van der Waals surface area contributed by atoms with Crippen LogP contribution in [-0.2, 0) is 9.59 Å². The fraction of sp³-hybridized carbons (Fsp3) is 0.429. The number of ketones is 1. The van der Waals surface area contributed by atoms with Crippen molar-refractivity contribution in [2.45, 2.75) is 25.8 Å². The summed E-state index contributed by atoms with van der Waals surface area (Å²) in [5.41, 5.74) is 1.79. The van der Waals surface area contributed by atoms with Gasteiger partial charge in [0, 0.05) is 25.9 Å². The highest BCUT2D eigenvalue weighted by molar-refractivity contribution is 5.80. The summed E-state index contributed by atoms with van der Waals surface area (Å²) in [6.45, 7) is 2.98. The zero-order chi connectivity index (χ0) is 13.1. The maximum Gasteiger partial charge on any atom is 0.325 e. The smallest absolute Gasteiger partial charge is 0.325 e. The summed E-state index contributed by atoms with van der Waals surface area (Å²) in [5, 5.41) is 9.44. The number of Topliss-reactive ketones (excluding diaryl/α,β-unsaturated/α-hetero) is 1. The number of nitrogens with zero attached hydrogens (tertiary/aromatic N) is 1. The van der Waals surface area contributed by atoms with Gasteiger partial charge in [0.2, 0.25) is 0 Å². The van der Waals surface area contributed by atoms with Crippen molar-refractivity contribution in [3.05, 3.63) is 35.4 Å². The zero-order valence-electron chi connectivity index (χ0n) is 10.4. The number of benzene rings is 1. The van der Waals surface area contributed by atoms with Crippen molar-refractivity contribution >= 4 is 11.8 Å². The molecule has 1 aliphatic rings. The van der Waals surface area contributed by atoms with Crippen LogP contribution in [0, 0.1) is 6.92 Å². The zero-order valence-corrected chi connectivity index (χ0v) is 10.4. The highest BCUT2D eigenvalue weighted by Crippen LogP contribution is 2.26. The third-order valence-electron chi connectivity index (χ3n) is 3.44. The molecule has 0 spiro atoms. The fourth-order valence-corrected chi connectivity index (χ4v) is 2.41. The van der Waals surface area contributed by atoms with E-state index >= 15 is 0 Å². The van der Waals surface area contributed by atoms with Crippen LogP contribution >= 0.6 is 0 Å². The van der Waals surface area contributed by atoms with E-state index in [1.54, 1.807) is 0 Å². The van der Waals surface area contributed by atoms with Gasteiger partial charge in [0.1, 0.15) is 11.8 Å². The van der Waals surface area contributed by atoms with Crippen molar-refractivity contribution in [1.82, 2.24) is 4.90 Å². The summed E-state index contributed by atoms with van der Waals surface area (Å²) < 4.78 is 0. The Balaban J connectivity index is 2.27. The quantitative estimate of drug-likeness (QED) is 0.884. The van der Waals surface area contributed by atoms with Crippen LogP contribution in [0.1, 0.15) is 30.0 Å². The van der Waals surface area contributed by atoms with Crippen LogP contribution in [0.25, 0.3) is 0 Å². The highest BCUT2D eigenvalue weighted by Gasteiger charge is 2.30. The first-order valence-electron chi connectivity index (χ1n) is 6.13. The van der Waals surface area contributed by atoms with Crippen LogP contribution in [0.4, 0.5) is 0 Å². The number of rotatable bonds is 3. The molecule has 18 heavy (non-hydrogen) atoms. The lowest BCUT2D eigenvalue weighted by molar-refractivity contribution is -0.145. The molecule has 1 aliphatic heterocycles. The summed E-state index contributed by atoms with van der Waals surface area (Å²) in [7, 11) is 0. The lowest BCUT2D eigenvalue weighted by atomic mass is 9.97. The van der Waals surface area contributed by atoms with Gasteiger partial charge in [0.15, 0.2) is 0 Å². The summed E-state index contributed by atoms with van der Waals surface area (Å²) in [6.07, 6.45) is 0.908. The number of piperidine rings is 1. The lowest BCUT2D eigenvalue weighted by Gasteiger charge is -2.32. The van der Waals surface area contributed by atoms with Gasteiger partial charge in [-0.2, -0.15) is 0 Å². The number of carbonyl (C=O) groups excluding carboxylic acids is 1. The maximum atomic E-state index is 11.5. The number of hydrogen-bond donors (Lipinski definition) is 1. The standard InChI is InChI=1S/C14H17NO3/c1-10-4-2-3-5-12(10)13(14(17)18)15-8-6-11(16)7-9-15/h2-5,13H,6-9H2,1H3,(H,17,18). The number of hydrogen-bond acceptors (Lipinski definition) is 3. The van der Waals surface area contributed by atoms with E-state index in [9.17, 15) is 14.7 Å². The van der Waals surface area contributed by atoms with E-state index in [2.05, 4.69) is 0 Å². The molecule has 1 fully saturated rings. The second-order valence-corrected chi connectivity index (χ2v) is 4.67. The monoisotopic (exact) mass is 247 g/mol. The van der Waals surface area contributed by atoms with E-state index in [4.69, 9.17) is 0 Å². The van der Waals surface area contributed by atoms with Crippen LogP contribution in [0.2, 0.25) is 0 Å². The van der Waals surface area contributed by atoms with Gasteiger partial charge < -0.3 is 5.11 Å². The summed E-state index contributed by atoms with van der Waals surface area (Å²) in [6, 6.07) is 6.88. The molecular formula is C14H17NO3. The Morgan fingerprint density at radius 1 is 1.28 bits per heavy atom. The fourth-order valence-electron chi connectivity index (χ4n) is 2.41. The van der Waals surface area contributed by atoms with E-state index in [1.807, 2.05) is 36.1 Å². The van der Waals surface area contributed by atoms with Gasteiger partial charge >= 0.3 is 5.97 Å². The average Bonchev–Trinajstić information content (AvgIpc) is 2.34. The average molecular weight is 247 g/mol. The Hall–Kier alpha value is -1.68. The third-order valence-corrected chi connectivity index (χ3v) is 3.44. The molecule has 0 radical (unpaired) electrons. The maximum absolute atomic E-state index is 11.5. The third kappa shape index (κ3) is 2.59. The Morgan fingerprint density at radius 2 is 1.89 bits per heavy atom. The van der Waals surface area contributed by atoms with Gasteiger partial charge in [0.05, 0.1) is 0 Å². The van der Waals surface area contributed by atoms with Crippen LogP contribution in [0.5, 0.6) is 0 Å². The topological polar surface area (TPSA) is 57.6 Å². The van der Waals surface area contributed by atoms with Gasteiger partial charge in [-0.3, -0.25) is 14.5 Å². The minimum Gasteiger partial charge on any atom is -0.480 e. The largest absolute Gasteiger partial charge is 0.480 e. The van der Waals surface area contributed by atoms with Crippen LogP contribution < -0.4 is 0 Å². The molecule has 1 heterocycles. The van der Waals surface area contributed by atoms with Gasteiger partial charge in [0.25, 0.3) is 0 Å². The van der Waals surface area contributed by atoms with Crippen molar-refractivity contribution < 1.29 is 14.7 Å². The molecule has 1 unspecified atom stereocenters. The molecule has 0 bridgehead atoms. The molecule has 1 N–H and O–H groups in total. The van der Waals surface area contributed by atoms with Crippen molar-refractivity contribution in [1.29, 1.82) is 0 Å². The van der Waals surface area contributed by atoms with Crippen molar-refractivity contribution in [2.24, 2.45) is 0 Å². The van der Waals surface area contributed by atoms with E-state index < -0.39 is 12.0 Å². The highest BCUT2D eigenvalue weighted by atomic mass is 16.4. The summed E-state index contributed by atoms with van der Waals surface area (Å²) >= 11 is 0. The summed E-state index contributed by atoms with van der Waals surface area (Å²) in [4.78, 5) is 24.6. The van der Waals surface area contributed by atoms with E-state index in [1.165, 1.54) is 0 Å². The summed E-state index contributed by atoms with van der Waals surface area (Å²) in [5.74, 6) is -0.626. The minimum atomic E-state index is -0.848. The van der Waals surface area contributed by atoms with E-state index in [0.29, 0.717) is 25.9 Å². The molecule has 1 aromatic rings. The molecule has 1 atom stereocenters. The van der Waals surface area contributed by atoms with Gasteiger partial charge in [-0.25, -0.2) is 0 Å². The van der Waals surface area contributed by atoms with Crippen LogP contribution in [0.3, 0.4) is 0 Å². The second kappa shape index (κ2) is 5.31. The molecule has 0 saturated carbocycles. The van der Waals surface area contributed by atoms with Crippen LogP contribution in [0.15, 0.2) is 24.3 Å². The Morgan fingerprint density at radius 3 is 2.44 bits per heavy atom. The van der Waals surface area contributed by atoms with Crippen molar-refractivity contribution in [3.8, 4) is 0 Å². The lowest BCUT2D eigenvalue weighted by Crippen LogP contribution is -2.40. The minimum absolute atomic E-state index is 0.222. The molecule has 0 aromatic heterocycles. The van der Waals surface area contributed by atoms with Gasteiger partial charge in [-0.05, 0) is 18.1 Å². The number of carboxylic acid groups (broad SMARTS) is 1. The first-order valence-corrected chi connectivity index (χ1v) is 6.13. The number of aryl methyl sites for hydroxylation is 1. The molecule has 96 valence electrons. The SMILES string of the molecule is Cc1ccccc1C(C(=O)O)N1CCC(=O)CC1. The van der Waals surface area contributed by atoms with E-state index in [-0.39, 0.29) is 5.78 Å². The van der Waals surface area contributed by atoms with Crippen LogP contribution in [-0.4, -0.2) is 34.8 Å². The Bertz CT molecular complexity index is 460. The molecule has 2 rings (SSSR count). The molecule has 0 amide bonds. The van der Waals surface area contributed by atoms with Gasteiger partial charge in [-0.15, -0.1) is 0 Å². The Kier molecular flexibility index (Phi) is 3.77. The first-order chi connectivity index (χ1) is 8.59. The normalized spacial score (nSPS) is 18.6. The number of carboxylic acids is 1. The second-order valence-electron chi connectivity index (χ2n) is 4.67. The molecule has 1 saturated heterocycles. The number of carbonyl (C=O) groups is 2. The molecular weight excluding hydrogens is 230 g/mol. The molecule has 0 aliphatic carbocycles. The molecule has 1 aromatic carbocycles. The molecule has 4 heteroatoms. The molecule has 4 nitrogen and oxygen atoms in total. The number of likely N-dealkylation sites (tertiary alicyclic amines) is 1. The predicted molar refractivity (Wildman–Crippen MR) is 67.4 cm³/mol. The van der Waals surface area contributed by atoms with Crippen molar-refractivity contribution in [2.75, 3.05) is 13.1 Å². The predicted octanol–water partition coefficient (Wildman–Crippen LogP) is 1.79. The van der Waals surface area contributed by atoms with E-state index in [0.717, 1.165) is 11.1 Å².